The lowest BCUT2D eigenvalue weighted by molar-refractivity contribution is -0.129. The van der Waals surface area contributed by atoms with Gasteiger partial charge >= 0.3 is 0 Å². The van der Waals surface area contributed by atoms with Crippen LogP contribution in [0.15, 0.2) is 0 Å². The summed E-state index contributed by atoms with van der Waals surface area (Å²) in [6, 6.07) is 0. The highest BCUT2D eigenvalue weighted by atomic mass is 35.5. The Hall–Kier alpha value is -0.870. The van der Waals surface area contributed by atoms with Gasteiger partial charge in [0.25, 0.3) is 0 Å². The van der Waals surface area contributed by atoms with E-state index in [1.165, 1.54) is 6.92 Å². The van der Waals surface area contributed by atoms with E-state index >= 15 is 0 Å². The van der Waals surface area contributed by atoms with E-state index in [0.717, 1.165) is 11.3 Å². The Morgan fingerprint density at radius 3 is 2.80 bits per heavy atom. The number of nitrogens with zero attached hydrogens (tertiary/aromatic N) is 3. The Bertz CT molecular complexity index is 422. The maximum atomic E-state index is 11.2. The standard InChI is InChI=1S/C9H9Cl2N3O/c1-5(15)14-3-2-6-7(4-14)12-9(11)13-8(6)10/h2-4H2,1H3. The zero-order chi connectivity index (χ0) is 11.0. The molecule has 0 spiro atoms. The topological polar surface area (TPSA) is 46.1 Å². The van der Waals surface area contributed by atoms with E-state index in [9.17, 15) is 4.79 Å². The predicted molar refractivity (Wildman–Crippen MR) is 56.8 cm³/mol. The van der Waals surface area contributed by atoms with E-state index in [1.54, 1.807) is 4.90 Å². The molecule has 0 saturated heterocycles. The minimum Gasteiger partial charge on any atom is -0.337 e. The zero-order valence-corrected chi connectivity index (χ0v) is 9.64. The lowest BCUT2D eigenvalue weighted by Crippen LogP contribution is -2.35. The van der Waals surface area contributed by atoms with Crippen LogP contribution in [0.4, 0.5) is 0 Å². The van der Waals surface area contributed by atoms with Gasteiger partial charge in [-0.3, -0.25) is 4.79 Å². The number of hydrogen-bond donors (Lipinski definition) is 0. The molecule has 0 fully saturated rings. The van der Waals surface area contributed by atoms with Gasteiger partial charge in [-0.1, -0.05) is 11.6 Å². The molecule has 0 unspecified atom stereocenters. The molecule has 1 amide bonds. The van der Waals surface area contributed by atoms with Gasteiger partial charge in [-0.05, 0) is 18.0 Å². The lowest BCUT2D eigenvalue weighted by Gasteiger charge is -2.27. The Morgan fingerprint density at radius 1 is 1.40 bits per heavy atom. The fourth-order valence-electron chi connectivity index (χ4n) is 1.62. The summed E-state index contributed by atoms with van der Waals surface area (Å²) < 4.78 is 0. The van der Waals surface area contributed by atoms with Crippen molar-refractivity contribution in [1.29, 1.82) is 0 Å². The summed E-state index contributed by atoms with van der Waals surface area (Å²) >= 11 is 11.6. The number of carbonyl (C=O) groups is 1. The molecule has 1 aliphatic rings. The van der Waals surface area contributed by atoms with Crippen LogP contribution in [-0.4, -0.2) is 27.3 Å². The second kappa shape index (κ2) is 3.94. The van der Waals surface area contributed by atoms with Crippen molar-refractivity contribution in [3.8, 4) is 0 Å². The normalized spacial score (nSPS) is 15.0. The third-order valence-electron chi connectivity index (χ3n) is 2.43. The molecule has 0 atom stereocenters. The molecule has 1 aromatic rings. The summed E-state index contributed by atoms with van der Waals surface area (Å²) in [6.07, 6.45) is 0.685. The van der Waals surface area contributed by atoms with Crippen molar-refractivity contribution in [3.05, 3.63) is 21.7 Å². The van der Waals surface area contributed by atoms with Gasteiger partial charge in [-0.2, -0.15) is 0 Å². The molecular formula is C9H9Cl2N3O. The van der Waals surface area contributed by atoms with Crippen LogP contribution in [0.25, 0.3) is 0 Å². The highest BCUT2D eigenvalue weighted by molar-refractivity contribution is 6.32. The van der Waals surface area contributed by atoms with E-state index in [-0.39, 0.29) is 11.2 Å². The molecule has 0 saturated carbocycles. The highest BCUT2D eigenvalue weighted by Crippen LogP contribution is 2.24. The van der Waals surface area contributed by atoms with Crippen LogP contribution < -0.4 is 0 Å². The largest absolute Gasteiger partial charge is 0.337 e. The third-order valence-corrected chi connectivity index (χ3v) is 2.91. The average molecular weight is 246 g/mol. The summed E-state index contributed by atoms with van der Waals surface area (Å²) in [4.78, 5) is 20.9. The summed E-state index contributed by atoms with van der Waals surface area (Å²) in [5.74, 6) is 0.0338. The van der Waals surface area contributed by atoms with Gasteiger partial charge in [0, 0.05) is 19.0 Å². The number of halogens is 2. The maximum Gasteiger partial charge on any atom is 0.224 e. The zero-order valence-electron chi connectivity index (χ0n) is 8.13. The van der Waals surface area contributed by atoms with E-state index in [2.05, 4.69) is 9.97 Å². The van der Waals surface area contributed by atoms with Gasteiger partial charge in [-0.25, -0.2) is 9.97 Å². The maximum absolute atomic E-state index is 11.2. The Kier molecular flexibility index (Phi) is 2.80. The van der Waals surface area contributed by atoms with Crippen LogP contribution in [0, 0.1) is 0 Å². The van der Waals surface area contributed by atoms with E-state index < -0.39 is 0 Å². The van der Waals surface area contributed by atoms with Crippen LogP contribution >= 0.6 is 23.2 Å². The van der Waals surface area contributed by atoms with Crippen molar-refractivity contribution >= 4 is 29.1 Å². The first kappa shape index (κ1) is 10.6. The van der Waals surface area contributed by atoms with Crippen molar-refractivity contribution in [2.45, 2.75) is 19.9 Å². The second-order valence-corrected chi connectivity index (χ2v) is 4.10. The van der Waals surface area contributed by atoms with Crippen molar-refractivity contribution in [2.24, 2.45) is 0 Å². The molecule has 2 rings (SSSR count). The predicted octanol–water partition coefficient (Wildman–Crippen LogP) is 1.69. The fraction of sp³-hybridized carbons (Fsp3) is 0.444. The van der Waals surface area contributed by atoms with E-state index in [0.29, 0.717) is 24.7 Å². The van der Waals surface area contributed by atoms with Crippen molar-refractivity contribution in [2.75, 3.05) is 6.54 Å². The first-order chi connectivity index (χ1) is 7.08. The summed E-state index contributed by atoms with van der Waals surface area (Å²) in [7, 11) is 0. The van der Waals surface area contributed by atoms with Gasteiger partial charge in [-0.15, -0.1) is 0 Å². The molecule has 1 aromatic heterocycles. The van der Waals surface area contributed by atoms with Crippen molar-refractivity contribution < 1.29 is 4.79 Å². The number of rotatable bonds is 0. The summed E-state index contributed by atoms with van der Waals surface area (Å²) in [5.41, 5.74) is 1.65. The number of carbonyl (C=O) groups excluding carboxylic acids is 1. The van der Waals surface area contributed by atoms with E-state index in [4.69, 9.17) is 23.2 Å². The van der Waals surface area contributed by atoms with Crippen LogP contribution in [0.2, 0.25) is 10.4 Å². The molecule has 0 bridgehead atoms. The van der Waals surface area contributed by atoms with Gasteiger partial charge < -0.3 is 4.90 Å². The van der Waals surface area contributed by atoms with Gasteiger partial charge in [0.15, 0.2) is 0 Å². The van der Waals surface area contributed by atoms with E-state index in [1.807, 2.05) is 0 Å². The van der Waals surface area contributed by atoms with Gasteiger partial charge in [0.1, 0.15) is 5.15 Å². The van der Waals surface area contributed by atoms with Gasteiger partial charge in [0.05, 0.1) is 12.2 Å². The molecule has 2 heterocycles. The van der Waals surface area contributed by atoms with Crippen LogP contribution in [-0.2, 0) is 17.8 Å². The third kappa shape index (κ3) is 2.06. The lowest BCUT2D eigenvalue weighted by atomic mass is 10.1. The number of fused-ring (bicyclic) bond motifs is 1. The number of aromatic nitrogens is 2. The van der Waals surface area contributed by atoms with Crippen LogP contribution in [0.3, 0.4) is 0 Å². The smallest absolute Gasteiger partial charge is 0.224 e. The molecule has 4 nitrogen and oxygen atoms in total. The van der Waals surface area contributed by atoms with Crippen molar-refractivity contribution in [1.82, 2.24) is 14.9 Å². The molecule has 0 radical (unpaired) electrons. The Morgan fingerprint density at radius 2 is 2.13 bits per heavy atom. The van der Waals surface area contributed by atoms with Gasteiger partial charge in [0.2, 0.25) is 11.2 Å². The molecule has 0 aromatic carbocycles. The molecule has 0 aliphatic carbocycles. The summed E-state index contributed by atoms with van der Waals surface area (Å²) in [5, 5.41) is 0.525. The molecule has 0 N–H and O–H groups in total. The van der Waals surface area contributed by atoms with Crippen LogP contribution in [0.5, 0.6) is 0 Å². The SMILES string of the molecule is CC(=O)N1CCc2c(Cl)nc(Cl)nc2C1. The second-order valence-electron chi connectivity index (χ2n) is 3.40. The fourth-order valence-corrected chi connectivity index (χ4v) is 2.14. The average Bonchev–Trinajstić information content (AvgIpc) is 2.16. The Balaban J connectivity index is 2.37. The van der Waals surface area contributed by atoms with Crippen LogP contribution in [0.1, 0.15) is 18.2 Å². The Labute approximate surface area is 97.2 Å². The molecule has 6 heteroatoms. The molecule has 80 valence electrons. The molecule has 15 heavy (non-hydrogen) atoms. The quantitative estimate of drug-likeness (QED) is 0.517. The first-order valence-corrected chi connectivity index (χ1v) is 5.30. The number of hydrogen-bond acceptors (Lipinski definition) is 3. The minimum atomic E-state index is 0.0338. The molecule has 1 aliphatic heterocycles. The first-order valence-electron chi connectivity index (χ1n) is 4.54. The highest BCUT2D eigenvalue weighted by Gasteiger charge is 2.22. The molecular weight excluding hydrogens is 237 g/mol. The monoisotopic (exact) mass is 245 g/mol. The summed E-state index contributed by atoms with van der Waals surface area (Å²) in [6.45, 7) is 2.66. The number of amides is 1. The van der Waals surface area contributed by atoms with Crippen molar-refractivity contribution in [3.63, 3.8) is 0 Å². The minimum absolute atomic E-state index is 0.0338.